The second kappa shape index (κ2) is 7.34. The van der Waals surface area contributed by atoms with Gasteiger partial charge < -0.3 is 15.5 Å². The van der Waals surface area contributed by atoms with E-state index in [-0.39, 0.29) is 29.8 Å². The van der Waals surface area contributed by atoms with E-state index in [0.717, 1.165) is 43.7 Å². The zero-order valence-electron chi connectivity index (χ0n) is 15.1. The van der Waals surface area contributed by atoms with Crippen molar-refractivity contribution in [2.24, 2.45) is 5.92 Å². The van der Waals surface area contributed by atoms with Gasteiger partial charge in [-0.05, 0) is 44.0 Å². The second-order valence-electron chi connectivity index (χ2n) is 7.50. The van der Waals surface area contributed by atoms with Crippen LogP contribution in [0.5, 0.6) is 0 Å². The highest BCUT2D eigenvalue weighted by atomic mass is 16.2. The maximum absolute atomic E-state index is 12.7. The van der Waals surface area contributed by atoms with E-state index in [1.54, 1.807) is 0 Å². The number of benzene rings is 1. The molecule has 3 fully saturated rings. The summed E-state index contributed by atoms with van der Waals surface area (Å²) >= 11 is 0. The third-order valence-electron chi connectivity index (χ3n) is 5.80. The zero-order valence-corrected chi connectivity index (χ0v) is 15.1. The highest BCUT2D eigenvalue weighted by Crippen LogP contribution is 2.24. The minimum absolute atomic E-state index is 0.0278. The Morgan fingerprint density at radius 1 is 1.27 bits per heavy atom. The van der Waals surface area contributed by atoms with Gasteiger partial charge in [-0.3, -0.25) is 15.0 Å². The van der Waals surface area contributed by atoms with Gasteiger partial charge in [0.2, 0.25) is 11.8 Å². The van der Waals surface area contributed by atoms with Crippen LogP contribution in [0.4, 0.5) is 5.69 Å². The monoisotopic (exact) mass is 357 g/mol. The van der Waals surface area contributed by atoms with Gasteiger partial charge in [0.05, 0.1) is 6.04 Å². The molecule has 7 heteroatoms. The van der Waals surface area contributed by atoms with Crippen LogP contribution < -0.4 is 26.4 Å². The van der Waals surface area contributed by atoms with Crippen molar-refractivity contribution in [1.82, 2.24) is 21.5 Å². The Bertz CT molecular complexity index is 677. The Morgan fingerprint density at radius 3 is 2.81 bits per heavy atom. The van der Waals surface area contributed by atoms with Gasteiger partial charge in [0.1, 0.15) is 6.04 Å². The highest BCUT2D eigenvalue weighted by molar-refractivity contribution is 5.95. The third-order valence-corrected chi connectivity index (χ3v) is 5.80. The number of hydrazine groups is 1. The van der Waals surface area contributed by atoms with E-state index >= 15 is 0 Å². The highest BCUT2D eigenvalue weighted by Gasteiger charge is 2.41. The maximum Gasteiger partial charge on any atom is 0.239 e. The zero-order chi connectivity index (χ0) is 18.1. The molecule has 7 nitrogen and oxygen atoms in total. The molecule has 3 aliphatic rings. The molecule has 26 heavy (non-hydrogen) atoms. The number of piperidine rings is 1. The van der Waals surface area contributed by atoms with Gasteiger partial charge in [-0.25, -0.2) is 5.43 Å². The molecule has 0 saturated carbocycles. The van der Waals surface area contributed by atoms with Gasteiger partial charge in [-0.15, -0.1) is 0 Å². The number of nitrogens with one attached hydrogen (secondary N) is 4. The van der Waals surface area contributed by atoms with Crippen molar-refractivity contribution in [2.45, 2.75) is 44.3 Å². The number of nitrogens with zero attached hydrogens (tertiary/aromatic N) is 1. The van der Waals surface area contributed by atoms with Crippen molar-refractivity contribution in [3.05, 3.63) is 29.8 Å². The van der Waals surface area contributed by atoms with Gasteiger partial charge >= 0.3 is 0 Å². The standard InChI is InChI=1S/C19H27N5O2/c1-12(13-4-6-14(7-5-13)24-10-2-3-17(24)25)21-19(26)18-15-11-20-9-8-16(15)22-23-18/h4-7,12,15-16,18,20,22-23H,2-3,8-11H2,1H3,(H,21,26). The first-order valence-electron chi connectivity index (χ1n) is 9.56. The fourth-order valence-corrected chi connectivity index (χ4v) is 4.23. The van der Waals surface area contributed by atoms with Crippen molar-refractivity contribution in [3.8, 4) is 0 Å². The van der Waals surface area contributed by atoms with E-state index in [4.69, 9.17) is 0 Å². The molecule has 0 aliphatic carbocycles. The number of anilines is 1. The first kappa shape index (κ1) is 17.5. The van der Waals surface area contributed by atoms with E-state index in [1.165, 1.54) is 0 Å². The quantitative estimate of drug-likeness (QED) is 0.629. The predicted octanol–water partition coefficient (Wildman–Crippen LogP) is 0.445. The van der Waals surface area contributed by atoms with Crippen molar-refractivity contribution < 1.29 is 9.59 Å². The Balaban J connectivity index is 1.37. The maximum atomic E-state index is 12.7. The van der Waals surface area contributed by atoms with Crippen molar-refractivity contribution in [2.75, 3.05) is 24.5 Å². The minimum atomic E-state index is -0.211. The number of fused-ring (bicyclic) bond motifs is 1. The van der Waals surface area contributed by atoms with Gasteiger partial charge in [0.25, 0.3) is 0 Å². The Hall–Kier alpha value is -1.96. The summed E-state index contributed by atoms with van der Waals surface area (Å²) < 4.78 is 0. The van der Waals surface area contributed by atoms with Crippen LogP contribution in [0.15, 0.2) is 24.3 Å². The molecule has 2 amide bonds. The SMILES string of the molecule is CC(NC(=O)C1NNC2CCNCC21)c1ccc(N2CCCC2=O)cc1. The van der Waals surface area contributed by atoms with E-state index in [1.807, 2.05) is 36.1 Å². The Morgan fingerprint density at radius 2 is 2.08 bits per heavy atom. The van der Waals surface area contributed by atoms with Crippen LogP contribution in [0.1, 0.15) is 37.8 Å². The molecule has 3 saturated heterocycles. The molecule has 4 rings (SSSR count). The summed E-state index contributed by atoms with van der Waals surface area (Å²) in [6.45, 7) is 4.64. The smallest absolute Gasteiger partial charge is 0.239 e. The van der Waals surface area contributed by atoms with E-state index < -0.39 is 0 Å². The molecule has 4 atom stereocenters. The first-order valence-corrected chi connectivity index (χ1v) is 9.56. The summed E-state index contributed by atoms with van der Waals surface area (Å²) in [5.41, 5.74) is 8.39. The number of carbonyl (C=O) groups is 2. The fourth-order valence-electron chi connectivity index (χ4n) is 4.23. The molecular formula is C19H27N5O2. The Kier molecular flexibility index (Phi) is 4.93. The summed E-state index contributed by atoms with van der Waals surface area (Å²) in [6, 6.07) is 8.00. The molecule has 1 aromatic rings. The third kappa shape index (κ3) is 3.34. The summed E-state index contributed by atoms with van der Waals surface area (Å²) in [4.78, 5) is 26.4. The Labute approximate surface area is 153 Å². The molecular weight excluding hydrogens is 330 g/mol. The number of rotatable bonds is 4. The molecule has 0 radical (unpaired) electrons. The number of carbonyl (C=O) groups excluding carboxylic acids is 2. The fraction of sp³-hybridized carbons (Fsp3) is 0.579. The van der Waals surface area contributed by atoms with Crippen LogP contribution in [-0.4, -0.2) is 43.5 Å². The average molecular weight is 357 g/mol. The van der Waals surface area contributed by atoms with Crippen molar-refractivity contribution in [3.63, 3.8) is 0 Å². The van der Waals surface area contributed by atoms with Crippen LogP contribution in [0, 0.1) is 5.92 Å². The first-order chi connectivity index (χ1) is 12.6. The molecule has 3 aliphatic heterocycles. The normalized spacial score (nSPS) is 29.5. The summed E-state index contributed by atoms with van der Waals surface area (Å²) in [7, 11) is 0. The topological polar surface area (TPSA) is 85.5 Å². The van der Waals surface area contributed by atoms with Crippen LogP contribution in [-0.2, 0) is 9.59 Å². The van der Waals surface area contributed by atoms with E-state index in [2.05, 4.69) is 21.5 Å². The molecule has 4 N–H and O–H groups in total. The predicted molar refractivity (Wildman–Crippen MR) is 99.4 cm³/mol. The molecule has 140 valence electrons. The molecule has 1 aromatic carbocycles. The lowest BCUT2D eigenvalue weighted by molar-refractivity contribution is -0.124. The summed E-state index contributed by atoms with van der Waals surface area (Å²) in [5, 5.41) is 6.49. The lowest BCUT2D eigenvalue weighted by atomic mass is 9.89. The van der Waals surface area contributed by atoms with Crippen molar-refractivity contribution >= 4 is 17.5 Å². The number of hydrogen-bond acceptors (Lipinski definition) is 5. The average Bonchev–Trinajstić information content (AvgIpc) is 3.28. The summed E-state index contributed by atoms with van der Waals surface area (Å²) in [5.74, 6) is 0.494. The molecule has 3 heterocycles. The van der Waals surface area contributed by atoms with Crippen LogP contribution in [0.25, 0.3) is 0 Å². The van der Waals surface area contributed by atoms with Crippen LogP contribution in [0.3, 0.4) is 0 Å². The van der Waals surface area contributed by atoms with Gasteiger partial charge in [0, 0.05) is 37.2 Å². The molecule has 0 bridgehead atoms. The molecule has 0 aromatic heterocycles. The largest absolute Gasteiger partial charge is 0.348 e. The number of amides is 2. The van der Waals surface area contributed by atoms with E-state index in [0.29, 0.717) is 12.5 Å². The lowest BCUT2D eigenvalue weighted by Crippen LogP contribution is -2.49. The van der Waals surface area contributed by atoms with Crippen LogP contribution in [0.2, 0.25) is 0 Å². The second-order valence-corrected chi connectivity index (χ2v) is 7.50. The minimum Gasteiger partial charge on any atom is -0.348 e. The van der Waals surface area contributed by atoms with Crippen molar-refractivity contribution in [1.29, 1.82) is 0 Å². The van der Waals surface area contributed by atoms with Gasteiger partial charge in [0.15, 0.2) is 0 Å². The number of hydrogen-bond donors (Lipinski definition) is 4. The van der Waals surface area contributed by atoms with Crippen LogP contribution >= 0.6 is 0 Å². The van der Waals surface area contributed by atoms with Gasteiger partial charge in [-0.2, -0.15) is 0 Å². The van der Waals surface area contributed by atoms with E-state index in [9.17, 15) is 9.59 Å². The lowest BCUT2D eigenvalue weighted by Gasteiger charge is -2.28. The molecule has 0 spiro atoms. The molecule has 4 unspecified atom stereocenters. The summed E-state index contributed by atoms with van der Waals surface area (Å²) in [6.07, 6.45) is 2.59. The van der Waals surface area contributed by atoms with Gasteiger partial charge in [-0.1, -0.05) is 12.1 Å².